The van der Waals surface area contributed by atoms with Crippen LogP contribution in [-0.2, 0) is 11.3 Å². The van der Waals surface area contributed by atoms with Crippen LogP contribution in [0.25, 0.3) is 5.52 Å². The van der Waals surface area contributed by atoms with Crippen LogP contribution < -0.4 is 5.56 Å². The van der Waals surface area contributed by atoms with Crippen LogP contribution in [0.15, 0.2) is 17.2 Å². The van der Waals surface area contributed by atoms with Gasteiger partial charge in [-0.2, -0.15) is 0 Å². The van der Waals surface area contributed by atoms with Crippen LogP contribution in [0.2, 0.25) is 0 Å². The fraction of sp³-hybridized carbons (Fsp3) is 0.667. The van der Waals surface area contributed by atoms with Crippen molar-refractivity contribution in [3.05, 3.63) is 34.3 Å². The summed E-state index contributed by atoms with van der Waals surface area (Å²) in [5.74, 6) is 2.08. The Kier molecular flexibility index (Phi) is 3.97. The fourth-order valence-electron chi connectivity index (χ4n) is 4.16. The minimum atomic E-state index is 0.114. The van der Waals surface area contributed by atoms with E-state index in [9.17, 15) is 4.79 Å². The number of rotatable bonds is 3. The van der Waals surface area contributed by atoms with E-state index >= 15 is 0 Å². The van der Waals surface area contributed by atoms with E-state index < -0.39 is 0 Å². The number of aromatic nitrogens is 3. The Morgan fingerprint density at radius 1 is 1.22 bits per heavy atom. The van der Waals surface area contributed by atoms with Gasteiger partial charge < -0.3 is 9.30 Å². The van der Waals surface area contributed by atoms with Gasteiger partial charge in [0.2, 0.25) is 0 Å². The van der Waals surface area contributed by atoms with Gasteiger partial charge in [-0.05, 0) is 38.5 Å². The Hall–Kier alpha value is -1.62. The molecule has 5 heteroatoms. The van der Waals surface area contributed by atoms with E-state index in [-0.39, 0.29) is 5.56 Å². The highest BCUT2D eigenvalue weighted by Crippen LogP contribution is 2.28. The Balaban J connectivity index is 1.72. The molecule has 23 heavy (non-hydrogen) atoms. The maximum Gasteiger partial charge on any atom is 0.276 e. The number of imidazole rings is 1. The Morgan fingerprint density at radius 3 is 2.70 bits per heavy atom. The van der Waals surface area contributed by atoms with E-state index in [1.165, 1.54) is 25.7 Å². The van der Waals surface area contributed by atoms with E-state index in [4.69, 9.17) is 4.74 Å². The van der Waals surface area contributed by atoms with Crippen LogP contribution in [0, 0.1) is 12.8 Å². The Morgan fingerprint density at radius 2 is 1.96 bits per heavy atom. The third kappa shape index (κ3) is 2.71. The van der Waals surface area contributed by atoms with E-state index in [2.05, 4.69) is 11.2 Å². The van der Waals surface area contributed by atoms with Gasteiger partial charge >= 0.3 is 0 Å². The van der Waals surface area contributed by atoms with Gasteiger partial charge in [-0.25, -0.2) is 4.98 Å². The monoisotopic (exact) mass is 315 g/mol. The summed E-state index contributed by atoms with van der Waals surface area (Å²) in [4.78, 5) is 17.5. The van der Waals surface area contributed by atoms with Crippen LogP contribution in [0.4, 0.5) is 0 Å². The maximum atomic E-state index is 12.9. The van der Waals surface area contributed by atoms with Gasteiger partial charge in [-0.15, -0.1) is 0 Å². The molecular formula is C18H25N3O2. The maximum absolute atomic E-state index is 12.9. The number of aryl methyl sites for hydroxylation is 1. The molecule has 2 aromatic heterocycles. The molecule has 0 aromatic carbocycles. The van der Waals surface area contributed by atoms with Crippen LogP contribution in [-0.4, -0.2) is 27.2 Å². The SMILES string of the molecule is Cc1cn2c(C3CCOCC3)ncc2c(=O)n1CC1CCCC1. The summed E-state index contributed by atoms with van der Waals surface area (Å²) in [6.07, 6.45) is 11.0. The Labute approximate surface area is 136 Å². The van der Waals surface area contributed by atoms with Crippen molar-refractivity contribution < 1.29 is 4.74 Å². The summed E-state index contributed by atoms with van der Waals surface area (Å²) >= 11 is 0. The fourth-order valence-corrected chi connectivity index (χ4v) is 4.16. The molecule has 1 saturated heterocycles. The first-order valence-electron chi connectivity index (χ1n) is 8.89. The molecule has 0 bridgehead atoms. The summed E-state index contributed by atoms with van der Waals surface area (Å²) in [6.45, 7) is 4.48. The average molecular weight is 315 g/mol. The van der Waals surface area contributed by atoms with Gasteiger partial charge in [0.05, 0.1) is 6.20 Å². The largest absolute Gasteiger partial charge is 0.381 e. The summed E-state index contributed by atoms with van der Waals surface area (Å²) < 4.78 is 9.43. The zero-order valence-electron chi connectivity index (χ0n) is 13.8. The van der Waals surface area contributed by atoms with Gasteiger partial charge in [0, 0.05) is 37.6 Å². The molecule has 0 spiro atoms. The number of hydrogen-bond donors (Lipinski definition) is 0. The first-order valence-corrected chi connectivity index (χ1v) is 8.89. The summed E-state index contributed by atoms with van der Waals surface area (Å²) in [5, 5.41) is 0. The lowest BCUT2D eigenvalue weighted by atomic mass is 10.00. The van der Waals surface area contributed by atoms with Gasteiger partial charge in [-0.3, -0.25) is 9.20 Å². The van der Waals surface area contributed by atoms with Crippen molar-refractivity contribution in [1.82, 2.24) is 14.0 Å². The van der Waals surface area contributed by atoms with Crippen molar-refractivity contribution in [2.75, 3.05) is 13.2 Å². The molecule has 3 heterocycles. The number of hydrogen-bond acceptors (Lipinski definition) is 3. The second-order valence-electron chi connectivity index (χ2n) is 7.10. The van der Waals surface area contributed by atoms with Crippen molar-refractivity contribution in [2.24, 2.45) is 5.92 Å². The highest BCUT2D eigenvalue weighted by Gasteiger charge is 2.23. The molecule has 0 N–H and O–H groups in total. The smallest absolute Gasteiger partial charge is 0.276 e. The molecule has 0 amide bonds. The van der Waals surface area contributed by atoms with E-state index in [0.29, 0.717) is 11.8 Å². The third-order valence-electron chi connectivity index (χ3n) is 5.53. The molecule has 0 radical (unpaired) electrons. The lowest BCUT2D eigenvalue weighted by Crippen LogP contribution is -2.27. The number of ether oxygens (including phenoxy) is 1. The lowest BCUT2D eigenvalue weighted by Gasteiger charge is -2.21. The molecule has 4 rings (SSSR count). The van der Waals surface area contributed by atoms with Crippen LogP contribution >= 0.6 is 0 Å². The van der Waals surface area contributed by atoms with Gasteiger partial charge in [0.1, 0.15) is 11.3 Å². The van der Waals surface area contributed by atoms with Gasteiger partial charge in [0.25, 0.3) is 5.56 Å². The molecule has 5 nitrogen and oxygen atoms in total. The van der Waals surface area contributed by atoms with Crippen molar-refractivity contribution >= 4 is 5.52 Å². The zero-order chi connectivity index (χ0) is 15.8. The van der Waals surface area contributed by atoms with Crippen LogP contribution in [0.5, 0.6) is 0 Å². The second kappa shape index (κ2) is 6.11. The highest BCUT2D eigenvalue weighted by atomic mass is 16.5. The molecule has 2 aliphatic rings. The topological polar surface area (TPSA) is 48.5 Å². The van der Waals surface area contributed by atoms with E-state index in [0.717, 1.165) is 49.6 Å². The average Bonchev–Trinajstić information content (AvgIpc) is 3.22. The van der Waals surface area contributed by atoms with Crippen molar-refractivity contribution in [2.45, 2.75) is 57.9 Å². The molecule has 1 aliphatic heterocycles. The molecular weight excluding hydrogens is 290 g/mol. The number of nitrogens with zero attached hydrogens (tertiary/aromatic N) is 3. The molecule has 2 fully saturated rings. The quantitative estimate of drug-likeness (QED) is 0.875. The zero-order valence-corrected chi connectivity index (χ0v) is 13.8. The first-order chi connectivity index (χ1) is 11.2. The minimum Gasteiger partial charge on any atom is -0.381 e. The van der Waals surface area contributed by atoms with Crippen molar-refractivity contribution in [3.63, 3.8) is 0 Å². The van der Waals surface area contributed by atoms with Crippen LogP contribution in [0.1, 0.15) is 56.0 Å². The molecule has 1 aliphatic carbocycles. The lowest BCUT2D eigenvalue weighted by molar-refractivity contribution is 0.0835. The van der Waals surface area contributed by atoms with Crippen molar-refractivity contribution in [1.29, 1.82) is 0 Å². The molecule has 2 aromatic rings. The second-order valence-corrected chi connectivity index (χ2v) is 7.10. The summed E-state index contributed by atoms with van der Waals surface area (Å²) in [7, 11) is 0. The molecule has 124 valence electrons. The van der Waals surface area contributed by atoms with Crippen molar-refractivity contribution in [3.8, 4) is 0 Å². The summed E-state index contributed by atoms with van der Waals surface area (Å²) in [6, 6.07) is 0. The standard InChI is InChI=1S/C18H25N3O2/c1-13-11-21-16(10-19-17(21)15-6-8-23-9-7-15)18(22)20(13)12-14-4-2-3-5-14/h10-11,14-15H,2-9,12H2,1H3. The molecule has 0 atom stereocenters. The number of fused-ring (bicyclic) bond motifs is 1. The van der Waals surface area contributed by atoms with Gasteiger partial charge in [-0.1, -0.05) is 12.8 Å². The Bertz CT molecular complexity index is 749. The summed E-state index contributed by atoms with van der Waals surface area (Å²) in [5.41, 5.74) is 1.87. The van der Waals surface area contributed by atoms with E-state index in [1.807, 2.05) is 15.9 Å². The minimum absolute atomic E-state index is 0.114. The molecule has 0 unspecified atom stereocenters. The predicted molar refractivity (Wildman–Crippen MR) is 88.9 cm³/mol. The highest BCUT2D eigenvalue weighted by molar-refractivity contribution is 5.45. The first kappa shape index (κ1) is 14.9. The van der Waals surface area contributed by atoms with E-state index in [1.54, 1.807) is 6.20 Å². The third-order valence-corrected chi connectivity index (χ3v) is 5.53. The molecule has 1 saturated carbocycles. The predicted octanol–water partition coefficient (Wildman–Crippen LogP) is 2.89. The van der Waals surface area contributed by atoms with Crippen LogP contribution in [0.3, 0.4) is 0 Å². The van der Waals surface area contributed by atoms with Gasteiger partial charge in [0.15, 0.2) is 0 Å². The normalized spacial score (nSPS) is 20.6.